The van der Waals surface area contributed by atoms with Crippen LogP contribution in [-0.2, 0) is 13.0 Å². The topological polar surface area (TPSA) is 40.7 Å². The zero-order valence-corrected chi connectivity index (χ0v) is 12.7. The number of para-hydroxylation sites is 2. The van der Waals surface area contributed by atoms with Gasteiger partial charge in [-0.05, 0) is 42.8 Å². The molecule has 0 unspecified atom stereocenters. The van der Waals surface area contributed by atoms with E-state index in [1.807, 2.05) is 24.3 Å². The number of nitrogens with zero attached hydrogens (tertiary/aromatic N) is 1. The van der Waals surface area contributed by atoms with Crippen molar-refractivity contribution in [1.82, 2.24) is 15.3 Å². The number of aromatic amines is 1. The van der Waals surface area contributed by atoms with Gasteiger partial charge in [-0.25, -0.2) is 4.98 Å². The number of halogens is 1. The molecule has 20 heavy (non-hydrogen) atoms. The van der Waals surface area contributed by atoms with Gasteiger partial charge in [0, 0.05) is 4.47 Å². The van der Waals surface area contributed by atoms with Crippen LogP contribution in [0.1, 0.15) is 11.4 Å². The van der Waals surface area contributed by atoms with Crippen molar-refractivity contribution in [3.8, 4) is 0 Å². The normalized spacial score (nSPS) is 11.1. The Kier molecular flexibility index (Phi) is 4.14. The quantitative estimate of drug-likeness (QED) is 0.701. The second kappa shape index (κ2) is 6.20. The number of hydrogen-bond donors (Lipinski definition) is 2. The molecule has 0 radical (unpaired) electrons. The Morgan fingerprint density at radius 2 is 1.85 bits per heavy atom. The molecule has 0 amide bonds. The molecule has 1 aromatic heterocycles. The van der Waals surface area contributed by atoms with Crippen LogP contribution < -0.4 is 5.32 Å². The molecule has 3 rings (SSSR count). The van der Waals surface area contributed by atoms with E-state index >= 15 is 0 Å². The fourth-order valence-electron chi connectivity index (χ4n) is 2.18. The monoisotopic (exact) mass is 329 g/mol. The summed E-state index contributed by atoms with van der Waals surface area (Å²) in [7, 11) is 0. The molecular weight excluding hydrogens is 314 g/mol. The first kappa shape index (κ1) is 13.3. The van der Waals surface area contributed by atoms with Crippen LogP contribution in [0.4, 0.5) is 0 Å². The number of imidazole rings is 1. The first-order chi connectivity index (χ1) is 9.81. The maximum Gasteiger partial charge on any atom is 0.121 e. The highest BCUT2D eigenvalue weighted by Crippen LogP contribution is 2.11. The van der Waals surface area contributed by atoms with Crippen molar-refractivity contribution in [2.24, 2.45) is 0 Å². The van der Waals surface area contributed by atoms with Gasteiger partial charge >= 0.3 is 0 Å². The SMILES string of the molecule is Brc1ccc(CCNCc2nc3ccccc3[nH]2)cc1. The van der Waals surface area contributed by atoms with Gasteiger partial charge in [-0.1, -0.05) is 40.2 Å². The molecule has 0 spiro atoms. The molecule has 0 saturated heterocycles. The average molecular weight is 330 g/mol. The summed E-state index contributed by atoms with van der Waals surface area (Å²) in [6, 6.07) is 16.5. The Bertz CT molecular complexity index is 655. The van der Waals surface area contributed by atoms with E-state index < -0.39 is 0 Å². The summed E-state index contributed by atoms with van der Waals surface area (Å²) in [5, 5.41) is 3.42. The standard InChI is InChI=1S/C16H16BrN3/c17-13-7-5-12(6-8-13)9-10-18-11-16-19-14-3-1-2-4-15(14)20-16/h1-8,18H,9-11H2,(H,19,20). The molecule has 102 valence electrons. The lowest BCUT2D eigenvalue weighted by Gasteiger charge is -2.03. The van der Waals surface area contributed by atoms with Crippen LogP contribution in [-0.4, -0.2) is 16.5 Å². The third-order valence-electron chi connectivity index (χ3n) is 3.23. The van der Waals surface area contributed by atoms with Gasteiger partial charge in [-0.15, -0.1) is 0 Å². The fraction of sp³-hybridized carbons (Fsp3) is 0.188. The number of H-pyrrole nitrogens is 1. The van der Waals surface area contributed by atoms with Crippen molar-refractivity contribution in [2.75, 3.05) is 6.54 Å². The summed E-state index contributed by atoms with van der Waals surface area (Å²) in [6.45, 7) is 1.71. The molecule has 0 saturated carbocycles. The molecule has 4 heteroatoms. The van der Waals surface area contributed by atoms with Crippen molar-refractivity contribution < 1.29 is 0 Å². The molecule has 0 aliphatic carbocycles. The highest BCUT2D eigenvalue weighted by atomic mass is 79.9. The third-order valence-corrected chi connectivity index (χ3v) is 3.76. The van der Waals surface area contributed by atoms with E-state index in [4.69, 9.17) is 0 Å². The first-order valence-electron chi connectivity index (χ1n) is 6.70. The van der Waals surface area contributed by atoms with E-state index in [0.717, 1.165) is 40.8 Å². The number of nitrogens with one attached hydrogen (secondary N) is 2. The van der Waals surface area contributed by atoms with Gasteiger partial charge < -0.3 is 10.3 Å². The minimum absolute atomic E-state index is 0.769. The van der Waals surface area contributed by atoms with E-state index in [0.29, 0.717) is 0 Å². The lowest BCUT2D eigenvalue weighted by atomic mass is 10.1. The lowest BCUT2D eigenvalue weighted by molar-refractivity contribution is 0.666. The van der Waals surface area contributed by atoms with Gasteiger partial charge in [0.05, 0.1) is 17.6 Å². The van der Waals surface area contributed by atoms with Crippen LogP contribution in [0.5, 0.6) is 0 Å². The zero-order valence-electron chi connectivity index (χ0n) is 11.1. The average Bonchev–Trinajstić information content (AvgIpc) is 2.88. The summed E-state index contributed by atoms with van der Waals surface area (Å²) in [4.78, 5) is 7.87. The van der Waals surface area contributed by atoms with Gasteiger partial charge in [0.25, 0.3) is 0 Å². The van der Waals surface area contributed by atoms with Crippen LogP contribution in [0.25, 0.3) is 11.0 Å². The van der Waals surface area contributed by atoms with E-state index in [2.05, 4.69) is 55.5 Å². The van der Waals surface area contributed by atoms with Crippen molar-refractivity contribution in [3.05, 3.63) is 64.4 Å². The van der Waals surface area contributed by atoms with Crippen LogP contribution in [0, 0.1) is 0 Å². The maximum absolute atomic E-state index is 4.54. The van der Waals surface area contributed by atoms with Crippen molar-refractivity contribution >= 4 is 27.0 Å². The van der Waals surface area contributed by atoms with Gasteiger partial charge in [-0.3, -0.25) is 0 Å². The minimum Gasteiger partial charge on any atom is -0.341 e. The smallest absolute Gasteiger partial charge is 0.121 e. The predicted molar refractivity (Wildman–Crippen MR) is 85.6 cm³/mol. The van der Waals surface area contributed by atoms with Crippen LogP contribution in [0.2, 0.25) is 0 Å². The molecule has 0 atom stereocenters. The Hall–Kier alpha value is -1.65. The molecule has 0 bridgehead atoms. The highest BCUT2D eigenvalue weighted by molar-refractivity contribution is 9.10. The molecule has 0 fully saturated rings. The van der Waals surface area contributed by atoms with Crippen molar-refractivity contribution in [2.45, 2.75) is 13.0 Å². The number of benzene rings is 2. The lowest BCUT2D eigenvalue weighted by Crippen LogP contribution is -2.17. The van der Waals surface area contributed by atoms with E-state index in [1.165, 1.54) is 5.56 Å². The minimum atomic E-state index is 0.769. The molecule has 3 nitrogen and oxygen atoms in total. The largest absolute Gasteiger partial charge is 0.341 e. The Morgan fingerprint density at radius 3 is 2.65 bits per heavy atom. The molecule has 3 aromatic rings. The summed E-state index contributed by atoms with van der Waals surface area (Å²) < 4.78 is 1.12. The summed E-state index contributed by atoms with van der Waals surface area (Å²) in [6.07, 6.45) is 1.02. The van der Waals surface area contributed by atoms with Gasteiger partial charge in [0.1, 0.15) is 5.82 Å². The van der Waals surface area contributed by atoms with E-state index in [-0.39, 0.29) is 0 Å². The number of fused-ring (bicyclic) bond motifs is 1. The molecular formula is C16H16BrN3. The first-order valence-corrected chi connectivity index (χ1v) is 7.49. The third kappa shape index (κ3) is 3.26. The van der Waals surface area contributed by atoms with Crippen molar-refractivity contribution in [1.29, 1.82) is 0 Å². The predicted octanol–water partition coefficient (Wildman–Crippen LogP) is 3.66. The van der Waals surface area contributed by atoms with Gasteiger partial charge in [0.15, 0.2) is 0 Å². The van der Waals surface area contributed by atoms with Crippen LogP contribution in [0.15, 0.2) is 53.0 Å². The zero-order chi connectivity index (χ0) is 13.8. The summed E-state index contributed by atoms with van der Waals surface area (Å²) in [5.74, 6) is 0.988. The van der Waals surface area contributed by atoms with Crippen LogP contribution >= 0.6 is 15.9 Å². The Morgan fingerprint density at radius 1 is 1.05 bits per heavy atom. The Labute approximate surface area is 126 Å². The van der Waals surface area contributed by atoms with E-state index in [1.54, 1.807) is 0 Å². The van der Waals surface area contributed by atoms with Gasteiger partial charge in [-0.2, -0.15) is 0 Å². The second-order valence-corrected chi connectivity index (χ2v) is 5.67. The molecule has 2 N–H and O–H groups in total. The number of rotatable bonds is 5. The number of hydrogen-bond acceptors (Lipinski definition) is 2. The second-order valence-electron chi connectivity index (χ2n) is 4.75. The number of aromatic nitrogens is 2. The summed E-state index contributed by atoms with van der Waals surface area (Å²) >= 11 is 3.45. The van der Waals surface area contributed by atoms with Gasteiger partial charge in [0.2, 0.25) is 0 Å². The fourth-order valence-corrected chi connectivity index (χ4v) is 2.44. The maximum atomic E-state index is 4.54. The highest BCUT2D eigenvalue weighted by Gasteiger charge is 2.01. The summed E-state index contributed by atoms with van der Waals surface area (Å²) in [5.41, 5.74) is 3.46. The molecule has 0 aliphatic heterocycles. The van der Waals surface area contributed by atoms with Crippen molar-refractivity contribution in [3.63, 3.8) is 0 Å². The Balaban J connectivity index is 1.51. The molecule has 1 heterocycles. The van der Waals surface area contributed by atoms with E-state index in [9.17, 15) is 0 Å². The van der Waals surface area contributed by atoms with Crippen LogP contribution in [0.3, 0.4) is 0 Å². The molecule has 2 aromatic carbocycles. The molecule has 0 aliphatic rings.